The number of benzene rings is 1. The lowest BCUT2D eigenvalue weighted by Gasteiger charge is -2.16. The van der Waals surface area contributed by atoms with Gasteiger partial charge in [-0.05, 0) is 28.4 Å². The zero-order chi connectivity index (χ0) is 11.5. The van der Waals surface area contributed by atoms with Crippen molar-refractivity contribution in [3.8, 4) is 5.75 Å². The molecule has 0 bridgehead atoms. The Kier molecular flexibility index (Phi) is 3.84. The molecule has 88 valence electrons. The molecule has 1 N–H and O–H groups in total. The van der Waals surface area contributed by atoms with Crippen molar-refractivity contribution in [2.75, 3.05) is 20.2 Å². The molecule has 1 saturated heterocycles. The highest BCUT2D eigenvalue weighted by Gasteiger charge is 2.22. The van der Waals surface area contributed by atoms with Crippen LogP contribution in [-0.2, 0) is 11.3 Å². The summed E-state index contributed by atoms with van der Waals surface area (Å²) in [5.41, 5.74) is 0.964. The van der Waals surface area contributed by atoms with Gasteiger partial charge in [0.1, 0.15) is 5.75 Å². The summed E-state index contributed by atoms with van der Waals surface area (Å²) >= 11 is 3.33. The first-order valence-electron chi connectivity index (χ1n) is 5.42. The van der Waals surface area contributed by atoms with E-state index in [4.69, 9.17) is 4.74 Å². The van der Waals surface area contributed by atoms with Crippen LogP contribution in [0.3, 0.4) is 0 Å². The number of phenols is 1. The number of hydrogen-bond donors (Lipinski definition) is 1. The molecule has 16 heavy (non-hydrogen) atoms. The molecule has 4 heteroatoms. The highest BCUT2D eigenvalue weighted by Crippen LogP contribution is 2.29. The third-order valence-electron chi connectivity index (χ3n) is 3.03. The Morgan fingerprint density at radius 3 is 3.06 bits per heavy atom. The Bertz CT molecular complexity index is 370. The van der Waals surface area contributed by atoms with Gasteiger partial charge in [-0.1, -0.05) is 12.1 Å². The molecule has 1 atom stereocenters. The van der Waals surface area contributed by atoms with Gasteiger partial charge in [-0.2, -0.15) is 0 Å². The third kappa shape index (κ3) is 2.56. The van der Waals surface area contributed by atoms with Crippen molar-refractivity contribution < 1.29 is 9.84 Å². The predicted octanol–water partition coefficient (Wildman–Crippen LogP) is 2.38. The average Bonchev–Trinajstić information content (AvgIpc) is 2.73. The van der Waals surface area contributed by atoms with Gasteiger partial charge in [0.2, 0.25) is 0 Å². The van der Waals surface area contributed by atoms with Crippen molar-refractivity contribution >= 4 is 15.9 Å². The number of rotatable bonds is 3. The molecule has 0 saturated carbocycles. The molecule has 0 radical (unpaired) electrons. The molecule has 1 unspecified atom stereocenters. The summed E-state index contributed by atoms with van der Waals surface area (Å²) in [6.45, 7) is 2.76. The van der Waals surface area contributed by atoms with E-state index in [0.29, 0.717) is 11.9 Å². The number of phenolic OH excluding ortho intramolecular Hbond substituents is 1. The molecule has 1 heterocycles. The molecule has 1 fully saturated rings. The van der Waals surface area contributed by atoms with E-state index in [1.807, 2.05) is 18.2 Å². The minimum Gasteiger partial charge on any atom is -0.506 e. The molecular formula is C12H16BrNO2. The first kappa shape index (κ1) is 11.9. The maximum atomic E-state index is 9.88. The zero-order valence-corrected chi connectivity index (χ0v) is 10.9. The molecule has 0 spiro atoms. The van der Waals surface area contributed by atoms with E-state index in [9.17, 15) is 5.11 Å². The van der Waals surface area contributed by atoms with Gasteiger partial charge in [0.25, 0.3) is 0 Å². The lowest BCUT2D eigenvalue weighted by molar-refractivity contribution is 0.107. The lowest BCUT2D eigenvalue weighted by Crippen LogP contribution is -2.22. The van der Waals surface area contributed by atoms with Gasteiger partial charge in [-0.15, -0.1) is 0 Å². The van der Waals surface area contributed by atoms with Crippen LogP contribution in [-0.4, -0.2) is 36.3 Å². The largest absolute Gasteiger partial charge is 0.506 e. The molecule has 0 aliphatic carbocycles. The Balaban J connectivity index is 2.02. The SMILES string of the molecule is COC1CCN(Cc2cccc(Br)c2O)C1. The van der Waals surface area contributed by atoms with E-state index in [1.165, 1.54) is 0 Å². The zero-order valence-electron chi connectivity index (χ0n) is 9.32. The quantitative estimate of drug-likeness (QED) is 0.926. The highest BCUT2D eigenvalue weighted by atomic mass is 79.9. The molecule has 3 nitrogen and oxygen atoms in total. The summed E-state index contributed by atoms with van der Waals surface area (Å²) < 4.78 is 6.08. The minimum atomic E-state index is 0.342. The second-order valence-corrected chi connectivity index (χ2v) is 4.98. The molecule has 1 aromatic carbocycles. The predicted molar refractivity (Wildman–Crippen MR) is 66.5 cm³/mol. The second kappa shape index (κ2) is 5.17. The standard InChI is InChI=1S/C12H16BrNO2/c1-16-10-5-6-14(8-10)7-9-3-2-4-11(13)12(9)15/h2-4,10,15H,5-8H2,1H3. The third-order valence-corrected chi connectivity index (χ3v) is 3.67. The molecule has 0 amide bonds. The Morgan fingerprint density at radius 1 is 1.56 bits per heavy atom. The van der Waals surface area contributed by atoms with Crippen LogP contribution in [0.2, 0.25) is 0 Å². The van der Waals surface area contributed by atoms with Gasteiger partial charge in [0.15, 0.2) is 0 Å². The van der Waals surface area contributed by atoms with Crippen molar-refractivity contribution in [3.63, 3.8) is 0 Å². The maximum absolute atomic E-state index is 9.88. The maximum Gasteiger partial charge on any atom is 0.134 e. The summed E-state index contributed by atoms with van der Waals surface area (Å²) in [7, 11) is 1.75. The fraction of sp³-hybridized carbons (Fsp3) is 0.500. The van der Waals surface area contributed by atoms with Gasteiger partial charge in [0, 0.05) is 32.3 Å². The number of para-hydroxylation sites is 1. The van der Waals surface area contributed by atoms with Crippen LogP contribution in [0.4, 0.5) is 0 Å². The van der Waals surface area contributed by atoms with Crippen LogP contribution >= 0.6 is 15.9 Å². The number of likely N-dealkylation sites (tertiary alicyclic amines) is 1. The topological polar surface area (TPSA) is 32.7 Å². The minimum absolute atomic E-state index is 0.342. The number of nitrogens with zero attached hydrogens (tertiary/aromatic N) is 1. The van der Waals surface area contributed by atoms with E-state index in [0.717, 1.165) is 36.1 Å². The Morgan fingerprint density at radius 2 is 2.38 bits per heavy atom. The fourth-order valence-corrected chi connectivity index (χ4v) is 2.47. The van der Waals surface area contributed by atoms with E-state index < -0.39 is 0 Å². The van der Waals surface area contributed by atoms with Crippen LogP contribution < -0.4 is 0 Å². The van der Waals surface area contributed by atoms with Crippen LogP contribution in [0, 0.1) is 0 Å². The molecule has 0 aromatic heterocycles. The van der Waals surface area contributed by atoms with E-state index in [2.05, 4.69) is 20.8 Å². The molecular weight excluding hydrogens is 270 g/mol. The fourth-order valence-electron chi connectivity index (χ4n) is 2.06. The number of methoxy groups -OCH3 is 1. The Hall–Kier alpha value is -0.580. The van der Waals surface area contributed by atoms with Gasteiger partial charge in [-0.3, -0.25) is 4.90 Å². The summed E-state index contributed by atoms with van der Waals surface area (Å²) in [5, 5.41) is 9.88. The Labute approximate surface area is 104 Å². The summed E-state index contributed by atoms with van der Waals surface area (Å²) in [5.74, 6) is 0.350. The van der Waals surface area contributed by atoms with Gasteiger partial charge < -0.3 is 9.84 Å². The first-order chi connectivity index (χ1) is 7.70. The van der Waals surface area contributed by atoms with Crippen LogP contribution in [0.25, 0.3) is 0 Å². The van der Waals surface area contributed by atoms with Gasteiger partial charge in [0.05, 0.1) is 10.6 Å². The van der Waals surface area contributed by atoms with Crippen LogP contribution in [0.5, 0.6) is 5.75 Å². The summed E-state index contributed by atoms with van der Waals surface area (Å²) in [6, 6.07) is 5.75. The van der Waals surface area contributed by atoms with Crippen molar-refractivity contribution in [2.45, 2.75) is 19.1 Å². The van der Waals surface area contributed by atoms with Crippen molar-refractivity contribution in [3.05, 3.63) is 28.2 Å². The highest BCUT2D eigenvalue weighted by molar-refractivity contribution is 9.10. The molecule has 1 aliphatic heterocycles. The van der Waals surface area contributed by atoms with Gasteiger partial charge in [-0.25, -0.2) is 0 Å². The van der Waals surface area contributed by atoms with Crippen molar-refractivity contribution in [1.82, 2.24) is 4.90 Å². The lowest BCUT2D eigenvalue weighted by atomic mass is 10.2. The summed E-state index contributed by atoms with van der Waals surface area (Å²) in [4.78, 5) is 2.30. The number of aromatic hydroxyl groups is 1. The number of ether oxygens (including phenoxy) is 1. The van der Waals surface area contributed by atoms with E-state index in [1.54, 1.807) is 7.11 Å². The van der Waals surface area contributed by atoms with E-state index in [-0.39, 0.29) is 0 Å². The monoisotopic (exact) mass is 285 g/mol. The average molecular weight is 286 g/mol. The van der Waals surface area contributed by atoms with Gasteiger partial charge >= 0.3 is 0 Å². The van der Waals surface area contributed by atoms with Crippen LogP contribution in [0.15, 0.2) is 22.7 Å². The molecule has 1 aliphatic rings. The van der Waals surface area contributed by atoms with Crippen molar-refractivity contribution in [2.24, 2.45) is 0 Å². The smallest absolute Gasteiger partial charge is 0.134 e. The van der Waals surface area contributed by atoms with Crippen LogP contribution in [0.1, 0.15) is 12.0 Å². The second-order valence-electron chi connectivity index (χ2n) is 4.13. The summed E-state index contributed by atoms with van der Waals surface area (Å²) in [6.07, 6.45) is 1.42. The number of halogens is 1. The molecule has 2 rings (SSSR count). The first-order valence-corrected chi connectivity index (χ1v) is 6.21. The molecule has 1 aromatic rings. The number of hydrogen-bond acceptors (Lipinski definition) is 3. The normalized spacial score (nSPS) is 21.5. The van der Waals surface area contributed by atoms with Crippen molar-refractivity contribution in [1.29, 1.82) is 0 Å². The van der Waals surface area contributed by atoms with E-state index >= 15 is 0 Å².